The Morgan fingerprint density at radius 2 is 1.07 bits per heavy atom. The smallest absolute Gasteiger partial charge is 0.314 e. The quantitative estimate of drug-likeness (QED) is 0.00833. The third-order valence-electron chi connectivity index (χ3n) is 8.99. The number of amides is 4. The molecule has 0 fully saturated rings. The molecule has 0 aliphatic heterocycles. The molecule has 4 rings (SSSR count). The normalized spacial score (nSPS) is 11.2. The molecule has 0 aliphatic rings. The molecule has 0 saturated carbocycles. The van der Waals surface area contributed by atoms with Gasteiger partial charge in [-0.2, -0.15) is 10.2 Å². The summed E-state index contributed by atoms with van der Waals surface area (Å²) in [6, 6.07) is 30.4. The molecule has 0 saturated heterocycles. The van der Waals surface area contributed by atoms with Crippen LogP contribution in [0.15, 0.2) is 117 Å². The van der Waals surface area contributed by atoms with Crippen molar-refractivity contribution in [1.82, 2.24) is 21.3 Å². The summed E-state index contributed by atoms with van der Waals surface area (Å²) in [6.07, 6.45) is 7.65. The standard InChI is InChI=1S/C42H54N8O8S2/c1-3-49(37-21-17-33(18-22-37)15-16-34-11-9-13-39(31-34)59-57-55-53)29-27-45-41(51)43-25-7-5-6-8-26-44-42(52)46-28-30-50(4-2)38-23-19-35(20-24-38)47-48-36-12-10-14-40(32-36)60-58-56-54/h9-24,31-32,53-54H,3-8,25-30H2,1-2H3,(H2,43,45,51)(H2,44,46,52). The van der Waals surface area contributed by atoms with Crippen molar-refractivity contribution in [3.8, 4) is 0 Å². The molecule has 0 aromatic heterocycles. The number of nitrogens with zero attached hydrogens (tertiary/aromatic N) is 4. The number of rotatable bonds is 27. The fourth-order valence-electron chi connectivity index (χ4n) is 5.89. The highest BCUT2D eigenvalue weighted by molar-refractivity contribution is 7.94. The van der Waals surface area contributed by atoms with Crippen LogP contribution in [0.25, 0.3) is 12.2 Å². The van der Waals surface area contributed by atoms with Crippen molar-refractivity contribution in [2.24, 2.45) is 10.2 Å². The van der Waals surface area contributed by atoms with Gasteiger partial charge in [0.05, 0.1) is 35.5 Å². The largest absolute Gasteiger partial charge is 0.370 e. The number of urea groups is 2. The van der Waals surface area contributed by atoms with Crippen LogP contribution in [0.5, 0.6) is 0 Å². The number of carbonyl (C=O) groups excluding carboxylic acids is 2. The zero-order chi connectivity index (χ0) is 42.6. The monoisotopic (exact) mass is 862 g/mol. The zero-order valence-corrected chi connectivity index (χ0v) is 35.5. The number of azo groups is 1. The number of hydrogen-bond acceptors (Lipinski definition) is 14. The van der Waals surface area contributed by atoms with E-state index in [0.29, 0.717) is 55.5 Å². The summed E-state index contributed by atoms with van der Waals surface area (Å²) in [4.78, 5) is 30.6. The predicted molar refractivity (Wildman–Crippen MR) is 237 cm³/mol. The van der Waals surface area contributed by atoms with Gasteiger partial charge in [0.2, 0.25) is 0 Å². The molecule has 322 valence electrons. The van der Waals surface area contributed by atoms with Crippen LogP contribution in [0.4, 0.5) is 32.3 Å². The Bertz CT molecular complexity index is 1770. The van der Waals surface area contributed by atoms with Crippen molar-refractivity contribution in [3.05, 3.63) is 108 Å². The Hall–Kier alpha value is -5.18. The molecule has 16 nitrogen and oxygen atoms in total. The third-order valence-corrected chi connectivity index (χ3v) is 10.1. The maximum atomic E-state index is 12.4. The second-order valence-electron chi connectivity index (χ2n) is 13.1. The van der Waals surface area contributed by atoms with Gasteiger partial charge in [0, 0.05) is 73.5 Å². The van der Waals surface area contributed by atoms with Crippen LogP contribution in [-0.4, -0.2) is 74.9 Å². The van der Waals surface area contributed by atoms with Crippen molar-refractivity contribution in [2.75, 3.05) is 62.2 Å². The van der Waals surface area contributed by atoms with Gasteiger partial charge in [0.1, 0.15) is 0 Å². The van der Waals surface area contributed by atoms with Crippen LogP contribution < -0.4 is 31.1 Å². The van der Waals surface area contributed by atoms with E-state index in [-0.39, 0.29) is 12.1 Å². The van der Waals surface area contributed by atoms with Gasteiger partial charge in [-0.1, -0.05) is 65.4 Å². The van der Waals surface area contributed by atoms with E-state index in [1.165, 1.54) is 0 Å². The molecule has 4 aromatic rings. The summed E-state index contributed by atoms with van der Waals surface area (Å²) in [6.45, 7) is 9.26. The van der Waals surface area contributed by atoms with Gasteiger partial charge in [-0.25, -0.2) is 20.1 Å². The van der Waals surface area contributed by atoms with Gasteiger partial charge >= 0.3 is 12.1 Å². The van der Waals surface area contributed by atoms with E-state index in [1.807, 2.05) is 60.7 Å². The van der Waals surface area contributed by atoms with Crippen molar-refractivity contribution in [1.29, 1.82) is 0 Å². The van der Waals surface area contributed by atoms with E-state index in [1.54, 1.807) is 24.3 Å². The molecule has 0 aliphatic carbocycles. The average molecular weight is 863 g/mol. The Kier molecular flexibility index (Phi) is 22.4. The highest BCUT2D eigenvalue weighted by Crippen LogP contribution is 2.27. The number of nitrogens with one attached hydrogen (secondary N) is 4. The van der Waals surface area contributed by atoms with Crippen molar-refractivity contribution in [3.63, 3.8) is 0 Å². The first-order valence-corrected chi connectivity index (χ1v) is 21.2. The summed E-state index contributed by atoms with van der Waals surface area (Å²) < 4.78 is 8.96. The maximum absolute atomic E-state index is 12.4. The first kappa shape index (κ1) is 47.5. The molecule has 4 amide bonds. The van der Waals surface area contributed by atoms with Crippen LogP contribution in [0, 0.1) is 0 Å². The lowest BCUT2D eigenvalue weighted by Crippen LogP contribution is -2.41. The predicted octanol–water partition coefficient (Wildman–Crippen LogP) is 9.64. The second-order valence-corrected chi connectivity index (χ2v) is 14.7. The highest BCUT2D eigenvalue weighted by Gasteiger charge is 2.08. The molecule has 4 aromatic carbocycles. The Morgan fingerprint density at radius 1 is 0.583 bits per heavy atom. The lowest BCUT2D eigenvalue weighted by Gasteiger charge is -2.23. The molecule has 0 unspecified atom stereocenters. The Balaban J connectivity index is 1.01. The molecular weight excluding hydrogens is 809 g/mol. The summed E-state index contributed by atoms with van der Waals surface area (Å²) in [5.74, 6) is 0. The van der Waals surface area contributed by atoms with Crippen molar-refractivity contribution in [2.45, 2.75) is 49.3 Å². The molecule has 60 heavy (non-hydrogen) atoms. The van der Waals surface area contributed by atoms with Gasteiger partial charge in [-0.3, -0.25) is 0 Å². The Labute approximate surface area is 359 Å². The Morgan fingerprint density at radius 3 is 1.62 bits per heavy atom. The van der Waals surface area contributed by atoms with Gasteiger partial charge in [0.25, 0.3) is 0 Å². The van der Waals surface area contributed by atoms with E-state index < -0.39 is 0 Å². The van der Waals surface area contributed by atoms with E-state index in [2.05, 4.69) is 98.2 Å². The SMILES string of the molecule is CCN(CCNC(=O)NCCCCCCNC(=O)NCCN(CC)c1ccc(N=Nc2cccc(SOOO)c2)cc1)c1ccc(C=Cc2cccc(SOOO)c2)cc1. The summed E-state index contributed by atoms with van der Waals surface area (Å²) >= 11 is 1.78. The fraction of sp³-hybridized carbons (Fsp3) is 0.333. The fourth-order valence-corrected chi connectivity index (χ4v) is 6.73. The van der Waals surface area contributed by atoms with E-state index in [9.17, 15) is 9.59 Å². The topological polar surface area (TPSA) is 191 Å². The van der Waals surface area contributed by atoms with Crippen LogP contribution in [0.3, 0.4) is 0 Å². The van der Waals surface area contributed by atoms with Gasteiger partial charge in [-0.05, 0) is 105 Å². The summed E-state index contributed by atoms with van der Waals surface area (Å²) in [5.41, 5.74) is 5.45. The molecular formula is C42H54N8O8S2. The first-order valence-electron chi connectivity index (χ1n) is 19.7. The number of likely N-dealkylation sites (N-methyl/N-ethyl adjacent to an activating group) is 2. The molecule has 0 bridgehead atoms. The maximum Gasteiger partial charge on any atom is 0.314 e. The molecule has 0 atom stereocenters. The number of hydrogen-bond donors (Lipinski definition) is 6. The number of anilines is 2. The number of carbonyl (C=O) groups is 2. The van der Waals surface area contributed by atoms with Crippen molar-refractivity contribution >= 4 is 71.0 Å². The minimum atomic E-state index is -0.189. The van der Waals surface area contributed by atoms with Crippen LogP contribution in [0.2, 0.25) is 0 Å². The lowest BCUT2D eigenvalue weighted by atomic mass is 10.1. The summed E-state index contributed by atoms with van der Waals surface area (Å²) in [7, 11) is 0. The minimum absolute atomic E-state index is 0.176. The number of benzene rings is 4. The van der Waals surface area contributed by atoms with E-state index in [0.717, 1.165) is 90.3 Å². The minimum Gasteiger partial charge on any atom is -0.370 e. The second kappa shape index (κ2) is 28.3. The lowest BCUT2D eigenvalue weighted by molar-refractivity contribution is -0.432. The summed E-state index contributed by atoms with van der Waals surface area (Å²) in [5, 5.41) is 44.3. The molecule has 0 radical (unpaired) electrons. The van der Waals surface area contributed by atoms with E-state index >= 15 is 0 Å². The van der Waals surface area contributed by atoms with Crippen LogP contribution in [0.1, 0.15) is 50.7 Å². The highest BCUT2D eigenvalue weighted by atomic mass is 32.2. The van der Waals surface area contributed by atoms with Crippen LogP contribution in [-0.2, 0) is 18.7 Å². The number of unbranched alkanes of at least 4 members (excludes halogenated alkanes) is 3. The molecule has 18 heteroatoms. The third kappa shape index (κ3) is 18.4. The van der Waals surface area contributed by atoms with E-state index in [4.69, 9.17) is 10.5 Å². The zero-order valence-electron chi connectivity index (χ0n) is 33.8. The average Bonchev–Trinajstić information content (AvgIpc) is 3.28. The van der Waals surface area contributed by atoms with Crippen LogP contribution >= 0.6 is 24.1 Å². The van der Waals surface area contributed by atoms with Gasteiger partial charge in [0.15, 0.2) is 0 Å². The van der Waals surface area contributed by atoms with Gasteiger partial charge in [-0.15, -0.1) is 8.67 Å². The molecule has 0 spiro atoms. The molecule has 6 N–H and O–H groups in total. The van der Waals surface area contributed by atoms with Gasteiger partial charge < -0.3 is 31.1 Å². The first-order chi connectivity index (χ1) is 29.4. The molecule has 0 heterocycles. The van der Waals surface area contributed by atoms with Crippen molar-refractivity contribution < 1.29 is 38.8 Å².